The molecule has 1 aromatic heterocycles. The average Bonchev–Trinajstić information content (AvgIpc) is 3.08. The van der Waals surface area contributed by atoms with Crippen molar-refractivity contribution in [2.24, 2.45) is 0 Å². The lowest BCUT2D eigenvalue weighted by Gasteiger charge is -2.02. The molecule has 0 radical (unpaired) electrons. The Bertz CT molecular complexity index is 1030. The van der Waals surface area contributed by atoms with Gasteiger partial charge in [-0.15, -0.1) is 0 Å². The fraction of sp³-hybridized carbons (Fsp3) is 0.0500. The molecular weight excluding hydrogens is 367 g/mol. The third kappa shape index (κ3) is 4.81. The van der Waals surface area contributed by atoms with E-state index in [0.29, 0.717) is 17.8 Å². The third-order valence-corrected chi connectivity index (χ3v) is 4.03. The molecule has 3 rings (SSSR count). The number of rotatable bonds is 5. The molecule has 2 aromatic carbocycles. The van der Waals surface area contributed by atoms with Crippen molar-refractivity contribution < 1.29 is 9.18 Å². The van der Waals surface area contributed by atoms with Gasteiger partial charge >= 0.3 is 0 Å². The van der Waals surface area contributed by atoms with Crippen LogP contribution in [0.3, 0.4) is 0 Å². The molecule has 0 unspecified atom stereocenters. The Kier molecular flexibility index (Phi) is 5.64. The van der Waals surface area contributed by atoms with Gasteiger partial charge < -0.3 is 5.32 Å². The van der Waals surface area contributed by atoms with E-state index in [1.54, 1.807) is 35.1 Å². The maximum Gasteiger partial charge on any atom is 0.248 e. The number of hydrogen-bond donors (Lipinski definition) is 1. The van der Waals surface area contributed by atoms with Crippen LogP contribution in [0, 0.1) is 17.1 Å². The molecule has 27 heavy (non-hydrogen) atoms. The van der Waals surface area contributed by atoms with E-state index >= 15 is 0 Å². The molecule has 134 valence electrons. The van der Waals surface area contributed by atoms with Crippen molar-refractivity contribution in [3.05, 3.63) is 88.5 Å². The van der Waals surface area contributed by atoms with Gasteiger partial charge in [-0.25, -0.2) is 4.39 Å². The van der Waals surface area contributed by atoms with Crippen LogP contribution < -0.4 is 5.32 Å². The lowest BCUT2D eigenvalue weighted by Crippen LogP contribution is -2.07. The van der Waals surface area contributed by atoms with Gasteiger partial charge in [-0.2, -0.15) is 10.4 Å². The minimum atomic E-state index is -0.501. The molecule has 0 bridgehead atoms. The molecule has 3 aromatic rings. The van der Waals surface area contributed by atoms with Crippen LogP contribution in [0.1, 0.15) is 16.7 Å². The number of amides is 1. The highest BCUT2D eigenvalue weighted by Gasteiger charge is 2.06. The van der Waals surface area contributed by atoms with E-state index in [4.69, 9.17) is 16.9 Å². The van der Waals surface area contributed by atoms with E-state index in [2.05, 4.69) is 16.5 Å². The van der Waals surface area contributed by atoms with Gasteiger partial charge in [0.1, 0.15) is 5.82 Å². The smallest absolute Gasteiger partial charge is 0.248 e. The van der Waals surface area contributed by atoms with Crippen molar-refractivity contribution in [1.29, 1.82) is 5.26 Å². The Hall–Kier alpha value is -3.43. The molecule has 7 heteroatoms. The van der Waals surface area contributed by atoms with Gasteiger partial charge in [-0.3, -0.25) is 9.48 Å². The highest BCUT2D eigenvalue weighted by atomic mass is 35.5. The van der Waals surface area contributed by atoms with Crippen LogP contribution in [0.4, 0.5) is 10.1 Å². The SMILES string of the molecule is N#Cc1cccc(Cn2cc(NC(=O)/C=C/c3c(F)cccc3Cl)cn2)c1. The second kappa shape index (κ2) is 8.30. The Labute approximate surface area is 160 Å². The van der Waals surface area contributed by atoms with Gasteiger partial charge in [0.25, 0.3) is 0 Å². The van der Waals surface area contributed by atoms with Crippen LogP contribution in [0.25, 0.3) is 6.08 Å². The first kappa shape index (κ1) is 18.4. The molecule has 0 spiro atoms. The fourth-order valence-electron chi connectivity index (χ4n) is 2.45. The first-order valence-electron chi connectivity index (χ1n) is 8.00. The molecule has 1 amide bonds. The number of carbonyl (C=O) groups is 1. The summed E-state index contributed by atoms with van der Waals surface area (Å²) in [5, 5.41) is 16.0. The second-order valence-electron chi connectivity index (χ2n) is 5.70. The molecule has 0 aliphatic heterocycles. The van der Waals surface area contributed by atoms with E-state index < -0.39 is 11.7 Å². The van der Waals surface area contributed by atoms with E-state index in [0.717, 1.165) is 5.56 Å². The van der Waals surface area contributed by atoms with Gasteiger partial charge in [0.05, 0.1) is 35.1 Å². The average molecular weight is 381 g/mol. The minimum absolute atomic E-state index is 0.155. The molecular formula is C20H14ClFN4O. The lowest BCUT2D eigenvalue weighted by molar-refractivity contribution is -0.111. The number of nitrogens with zero attached hydrogens (tertiary/aromatic N) is 3. The zero-order chi connectivity index (χ0) is 19.2. The monoisotopic (exact) mass is 380 g/mol. The molecule has 1 heterocycles. The van der Waals surface area contributed by atoms with Crippen LogP contribution in [-0.2, 0) is 11.3 Å². The molecule has 1 N–H and O–H groups in total. The molecule has 0 aliphatic rings. The van der Waals surface area contributed by atoms with Crippen molar-refractivity contribution >= 4 is 29.3 Å². The van der Waals surface area contributed by atoms with E-state index in [-0.39, 0.29) is 10.6 Å². The van der Waals surface area contributed by atoms with Gasteiger partial charge in [0.15, 0.2) is 0 Å². The maximum absolute atomic E-state index is 13.7. The van der Waals surface area contributed by atoms with Crippen molar-refractivity contribution in [2.75, 3.05) is 5.32 Å². The number of halogens is 2. The summed E-state index contributed by atoms with van der Waals surface area (Å²) in [4.78, 5) is 12.0. The van der Waals surface area contributed by atoms with E-state index in [1.165, 1.54) is 30.5 Å². The minimum Gasteiger partial charge on any atom is -0.320 e. The highest BCUT2D eigenvalue weighted by molar-refractivity contribution is 6.32. The molecule has 0 fully saturated rings. The molecule has 0 saturated heterocycles. The highest BCUT2D eigenvalue weighted by Crippen LogP contribution is 2.20. The molecule has 0 atom stereocenters. The number of nitrogens with one attached hydrogen (secondary N) is 1. The zero-order valence-corrected chi connectivity index (χ0v) is 14.8. The van der Waals surface area contributed by atoms with Crippen molar-refractivity contribution in [3.63, 3.8) is 0 Å². The quantitative estimate of drug-likeness (QED) is 0.673. The maximum atomic E-state index is 13.7. The van der Waals surface area contributed by atoms with E-state index in [1.807, 2.05) is 6.07 Å². The first-order valence-corrected chi connectivity index (χ1v) is 8.37. The summed E-state index contributed by atoms with van der Waals surface area (Å²) in [6.45, 7) is 0.464. The first-order chi connectivity index (χ1) is 13.0. The summed E-state index contributed by atoms with van der Waals surface area (Å²) in [6.07, 6.45) is 5.71. The summed E-state index contributed by atoms with van der Waals surface area (Å²) < 4.78 is 15.3. The van der Waals surface area contributed by atoms with Crippen molar-refractivity contribution in [3.8, 4) is 6.07 Å². The number of carbonyl (C=O) groups excluding carboxylic acids is 1. The lowest BCUT2D eigenvalue weighted by atomic mass is 10.1. The Morgan fingerprint density at radius 3 is 2.93 bits per heavy atom. The predicted molar refractivity (Wildman–Crippen MR) is 102 cm³/mol. The van der Waals surface area contributed by atoms with Crippen LogP contribution in [-0.4, -0.2) is 15.7 Å². The largest absolute Gasteiger partial charge is 0.320 e. The summed E-state index contributed by atoms with van der Waals surface area (Å²) in [6, 6.07) is 13.6. The Morgan fingerprint density at radius 2 is 2.15 bits per heavy atom. The normalized spacial score (nSPS) is 10.7. The van der Waals surface area contributed by atoms with Crippen LogP contribution in [0.2, 0.25) is 5.02 Å². The Balaban J connectivity index is 1.64. The predicted octanol–water partition coefficient (Wildman–Crippen LogP) is 4.25. The van der Waals surface area contributed by atoms with Crippen molar-refractivity contribution in [2.45, 2.75) is 6.54 Å². The number of benzene rings is 2. The number of hydrogen-bond acceptors (Lipinski definition) is 3. The molecule has 5 nitrogen and oxygen atoms in total. The second-order valence-corrected chi connectivity index (χ2v) is 6.10. The van der Waals surface area contributed by atoms with Crippen LogP contribution >= 0.6 is 11.6 Å². The topological polar surface area (TPSA) is 70.7 Å². The third-order valence-electron chi connectivity index (χ3n) is 3.70. The van der Waals surface area contributed by atoms with Gasteiger partial charge in [-0.05, 0) is 35.9 Å². The van der Waals surface area contributed by atoms with Gasteiger partial charge in [0.2, 0.25) is 5.91 Å². The standard InChI is InChI=1S/C20H14ClFN4O/c21-18-5-2-6-19(22)17(18)7-8-20(27)25-16-11-24-26(13-16)12-15-4-1-3-14(9-15)10-23/h1-9,11,13H,12H2,(H,25,27)/b8-7+. The fourth-order valence-corrected chi connectivity index (χ4v) is 2.68. The molecule has 0 saturated carbocycles. The number of aromatic nitrogens is 2. The molecule has 0 aliphatic carbocycles. The summed E-state index contributed by atoms with van der Waals surface area (Å²) >= 11 is 5.92. The Morgan fingerprint density at radius 1 is 1.33 bits per heavy atom. The van der Waals surface area contributed by atoms with Gasteiger partial charge in [0, 0.05) is 17.8 Å². The zero-order valence-electron chi connectivity index (χ0n) is 14.1. The summed E-state index contributed by atoms with van der Waals surface area (Å²) in [5.74, 6) is -0.931. The number of anilines is 1. The van der Waals surface area contributed by atoms with Crippen LogP contribution in [0.5, 0.6) is 0 Å². The number of nitriles is 1. The van der Waals surface area contributed by atoms with E-state index in [9.17, 15) is 9.18 Å². The summed E-state index contributed by atoms with van der Waals surface area (Å²) in [7, 11) is 0. The van der Waals surface area contributed by atoms with Gasteiger partial charge in [-0.1, -0.05) is 29.8 Å². The van der Waals surface area contributed by atoms with Crippen LogP contribution in [0.15, 0.2) is 60.9 Å². The van der Waals surface area contributed by atoms with Crippen molar-refractivity contribution in [1.82, 2.24) is 9.78 Å². The summed E-state index contributed by atoms with van der Waals surface area (Å²) in [5.41, 5.74) is 2.15.